The minimum absolute atomic E-state index is 0. The van der Waals surface area contributed by atoms with Crippen LogP contribution in [0.5, 0.6) is 0 Å². The fraction of sp³-hybridized carbons (Fsp3) is 0.250. The van der Waals surface area contributed by atoms with Crippen molar-refractivity contribution in [3.05, 3.63) is 107 Å². The minimum atomic E-state index is -1.000. The molecule has 0 aliphatic carbocycles. The molecular formula is C32H34N3NaO6. The molecule has 0 bridgehead atoms. The second-order valence-corrected chi connectivity index (χ2v) is 9.70. The van der Waals surface area contributed by atoms with Crippen molar-refractivity contribution in [2.75, 3.05) is 13.1 Å². The van der Waals surface area contributed by atoms with Crippen molar-refractivity contribution >= 4 is 64.2 Å². The van der Waals surface area contributed by atoms with E-state index < -0.39 is 17.9 Å². The molecule has 4 N–H and O–H groups in total. The number of aromatic carboxylic acids is 1. The summed E-state index contributed by atoms with van der Waals surface area (Å²) >= 11 is 0. The Balaban J connectivity index is 0.00000484. The van der Waals surface area contributed by atoms with Gasteiger partial charge in [-0.25, -0.2) is 4.79 Å². The first kappa shape index (κ1) is 32.6. The van der Waals surface area contributed by atoms with Gasteiger partial charge in [-0.3, -0.25) is 14.4 Å². The van der Waals surface area contributed by atoms with Crippen LogP contribution in [-0.2, 0) is 22.4 Å². The Morgan fingerprint density at radius 1 is 0.786 bits per heavy atom. The predicted octanol–water partition coefficient (Wildman–Crippen LogP) is 3.47. The molecule has 0 saturated carbocycles. The van der Waals surface area contributed by atoms with Gasteiger partial charge in [0.15, 0.2) is 5.76 Å². The normalized spacial score (nSPS) is 11.2. The summed E-state index contributed by atoms with van der Waals surface area (Å²) in [6.45, 7) is 0.673. The first-order valence-electron chi connectivity index (χ1n) is 13.6. The summed E-state index contributed by atoms with van der Waals surface area (Å²) in [5, 5.41) is 18.3. The van der Waals surface area contributed by atoms with E-state index in [0.29, 0.717) is 50.8 Å². The monoisotopic (exact) mass is 579 g/mol. The molecule has 4 rings (SSSR count). The fourth-order valence-electron chi connectivity index (χ4n) is 4.38. The average Bonchev–Trinajstić information content (AvgIpc) is 3.43. The van der Waals surface area contributed by atoms with Crippen LogP contribution in [0.4, 0.5) is 0 Å². The first-order valence-corrected chi connectivity index (χ1v) is 13.6. The van der Waals surface area contributed by atoms with Crippen molar-refractivity contribution in [3.63, 3.8) is 0 Å². The zero-order valence-electron chi connectivity index (χ0n) is 22.6. The van der Waals surface area contributed by atoms with Crippen molar-refractivity contribution in [2.45, 2.75) is 38.1 Å². The third-order valence-electron chi connectivity index (χ3n) is 6.66. The number of carboxylic acids is 1. The van der Waals surface area contributed by atoms with Crippen LogP contribution >= 0.6 is 0 Å². The number of carbonyl (C=O) groups is 4. The summed E-state index contributed by atoms with van der Waals surface area (Å²) in [6.07, 6.45) is 2.29. The van der Waals surface area contributed by atoms with Crippen molar-refractivity contribution in [1.82, 2.24) is 16.0 Å². The SMILES string of the molecule is O=C(CCc1ccccc1)NCCC[C@H](NC(=O)c1cc2ccccc2o1)C(=O)NCCc1ccc(C(=O)O)cc1.[NaH]. The molecule has 1 aromatic heterocycles. The Hall–Kier alpha value is -3.92. The Kier molecular flexibility index (Phi) is 12.8. The molecule has 214 valence electrons. The van der Waals surface area contributed by atoms with Gasteiger partial charge in [0, 0.05) is 24.9 Å². The number of carboxylic acid groups (broad SMARTS) is 1. The summed E-state index contributed by atoms with van der Waals surface area (Å²) in [5.74, 6) is -1.82. The quantitative estimate of drug-likeness (QED) is 0.133. The second kappa shape index (κ2) is 16.5. The molecule has 0 aliphatic rings. The molecule has 4 aromatic rings. The van der Waals surface area contributed by atoms with E-state index in [2.05, 4.69) is 16.0 Å². The second-order valence-electron chi connectivity index (χ2n) is 9.70. The van der Waals surface area contributed by atoms with Gasteiger partial charge in [0.25, 0.3) is 5.91 Å². The number of aryl methyl sites for hydroxylation is 1. The molecule has 0 unspecified atom stereocenters. The average molecular weight is 580 g/mol. The van der Waals surface area contributed by atoms with Gasteiger partial charge in [-0.1, -0.05) is 60.7 Å². The Bertz CT molecular complexity index is 1450. The molecule has 3 aromatic carbocycles. The van der Waals surface area contributed by atoms with Gasteiger partial charge in [0.05, 0.1) is 5.56 Å². The molecular weight excluding hydrogens is 545 g/mol. The van der Waals surface area contributed by atoms with Crippen molar-refractivity contribution in [1.29, 1.82) is 0 Å². The molecule has 1 heterocycles. The maximum absolute atomic E-state index is 13.1. The number of carbonyl (C=O) groups excluding carboxylic acids is 3. The van der Waals surface area contributed by atoms with E-state index in [1.165, 1.54) is 12.1 Å². The molecule has 1 atom stereocenters. The number of hydrogen-bond acceptors (Lipinski definition) is 5. The zero-order valence-corrected chi connectivity index (χ0v) is 22.6. The Morgan fingerprint density at radius 3 is 2.19 bits per heavy atom. The van der Waals surface area contributed by atoms with Crippen molar-refractivity contribution < 1.29 is 28.7 Å². The van der Waals surface area contributed by atoms with E-state index in [0.717, 1.165) is 16.5 Å². The van der Waals surface area contributed by atoms with Crippen molar-refractivity contribution in [2.24, 2.45) is 0 Å². The zero-order chi connectivity index (χ0) is 29.0. The number of nitrogens with one attached hydrogen (secondary N) is 3. The van der Waals surface area contributed by atoms with E-state index >= 15 is 0 Å². The summed E-state index contributed by atoms with van der Waals surface area (Å²) in [6, 6.07) is 24.3. The Labute approximate surface area is 266 Å². The molecule has 42 heavy (non-hydrogen) atoms. The van der Waals surface area contributed by atoms with Crippen LogP contribution in [0.25, 0.3) is 11.0 Å². The summed E-state index contributed by atoms with van der Waals surface area (Å²) in [5.41, 5.74) is 2.73. The van der Waals surface area contributed by atoms with E-state index in [1.54, 1.807) is 24.3 Å². The van der Waals surface area contributed by atoms with Crippen LogP contribution < -0.4 is 16.0 Å². The number of hydrogen-bond donors (Lipinski definition) is 4. The summed E-state index contributed by atoms with van der Waals surface area (Å²) in [7, 11) is 0. The van der Waals surface area contributed by atoms with Crippen molar-refractivity contribution in [3.8, 4) is 0 Å². The maximum atomic E-state index is 13.1. The Morgan fingerprint density at radius 2 is 1.48 bits per heavy atom. The van der Waals surface area contributed by atoms with Crippen LogP contribution in [0, 0.1) is 0 Å². The number of para-hydroxylation sites is 1. The van der Waals surface area contributed by atoms with Gasteiger partial charge in [0.2, 0.25) is 11.8 Å². The number of rotatable bonds is 14. The first-order chi connectivity index (χ1) is 19.9. The third kappa shape index (κ3) is 9.87. The number of amides is 3. The third-order valence-corrected chi connectivity index (χ3v) is 6.66. The number of benzene rings is 3. The van der Waals surface area contributed by atoms with E-state index in [9.17, 15) is 19.2 Å². The topological polar surface area (TPSA) is 138 Å². The number of fused-ring (bicyclic) bond motifs is 1. The van der Waals surface area contributed by atoms with Crippen LogP contribution in [0.15, 0.2) is 89.3 Å². The van der Waals surface area contributed by atoms with E-state index in [4.69, 9.17) is 9.52 Å². The fourth-order valence-corrected chi connectivity index (χ4v) is 4.38. The van der Waals surface area contributed by atoms with Crippen LogP contribution in [0.1, 0.15) is 51.3 Å². The van der Waals surface area contributed by atoms with Gasteiger partial charge in [-0.2, -0.15) is 0 Å². The van der Waals surface area contributed by atoms with Crippen LogP contribution in [-0.4, -0.2) is 77.5 Å². The van der Waals surface area contributed by atoms with Gasteiger partial charge in [-0.05, 0) is 61.1 Å². The van der Waals surface area contributed by atoms with E-state index in [1.807, 2.05) is 48.5 Å². The molecule has 0 saturated heterocycles. The molecule has 10 heteroatoms. The molecule has 3 amide bonds. The standard InChI is InChI=1S/C32H33N3O6.Na.H/c36-29(17-14-22-7-2-1-3-8-22)33-19-6-10-26(35-31(38)28-21-25-9-4-5-11-27(25)41-28)30(37)34-20-18-23-12-15-24(16-13-23)32(39)40;;/h1-5,7-9,11-13,15-16,21,26H,6,10,14,17-20H2,(H,33,36)(H,34,37)(H,35,38)(H,39,40);;/t26-;;/m0../s1. The summed E-state index contributed by atoms with van der Waals surface area (Å²) < 4.78 is 5.65. The van der Waals surface area contributed by atoms with Crippen LogP contribution in [0.2, 0.25) is 0 Å². The van der Waals surface area contributed by atoms with Gasteiger partial charge in [0.1, 0.15) is 11.6 Å². The van der Waals surface area contributed by atoms with Gasteiger partial charge < -0.3 is 25.5 Å². The molecule has 0 spiro atoms. The molecule has 9 nitrogen and oxygen atoms in total. The van der Waals surface area contributed by atoms with Gasteiger partial charge >= 0.3 is 35.5 Å². The van der Waals surface area contributed by atoms with E-state index in [-0.39, 0.29) is 52.7 Å². The predicted molar refractivity (Wildman–Crippen MR) is 162 cm³/mol. The number of furan rings is 1. The molecule has 0 fully saturated rings. The molecule has 0 radical (unpaired) electrons. The van der Waals surface area contributed by atoms with Gasteiger partial charge in [-0.15, -0.1) is 0 Å². The molecule has 0 aliphatic heterocycles. The summed E-state index contributed by atoms with van der Waals surface area (Å²) in [4.78, 5) is 49.4. The van der Waals surface area contributed by atoms with Crippen LogP contribution in [0.3, 0.4) is 0 Å².